The van der Waals surface area contributed by atoms with Crippen LogP contribution in [0.25, 0.3) is 0 Å². The summed E-state index contributed by atoms with van der Waals surface area (Å²) in [4.78, 5) is 12.5. The molecule has 0 aliphatic carbocycles. The van der Waals surface area contributed by atoms with Gasteiger partial charge in [-0.25, -0.2) is 0 Å². The number of carbonyl (C=O) groups is 1. The Kier molecular flexibility index (Phi) is 11.2. The van der Waals surface area contributed by atoms with E-state index in [2.05, 4.69) is 74.6 Å². The lowest BCUT2D eigenvalue weighted by Gasteiger charge is -2.44. The molecule has 4 aromatic carbocycles. The Morgan fingerprint density at radius 1 is 0.744 bits per heavy atom. The fourth-order valence-corrected chi connectivity index (χ4v) is 9.96. The molecule has 0 radical (unpaired) electrons. The van der Waals surface area contributed by atoms with Crippen molar-refractivity contribution in [3.63, 3.8) is 0 Å². The predicted octanol–water partition coefficient (Wildman–Crippen LogP) is 5.74. The molecular formula is C36H43NO5Si. The molecule has 0 heterocycles. The van der Waals surface area contributed by atoms with Crippen LogP contribution in [-0.2, 0) is 20.6 Å². The van der Waals surface area contributed by atoms with Crippen molar-refractivity contribution in [3.8, 4) is 11.5 Å². The lowest BCUT2D eigenvalue weighted by Crippen LogP contribution is -2.67. The molecule has 0 fully saturated rings. The van der Waals surface area contributed by atoms with E-state index in [1.165, 1.54) is 17.3 Å². The van der Waals surface area contributed by atoms with Gasteiger partial charge in [0, 0.05) is 6.92 Å². The third-order valence-electron chi connectivity index (χ3n) is 7.51. The van der Waals surface area contributed by atoms with Gasteiger partial charge in [0.1, 0.15) is 24.2 Å². The minimum absolute atomic E-state index is 0.165. The second kappa shape index (κ2) is 15.0. The minimum Gasteiger partial charge on any atom is -0.497 e. The number of hydrogen-bond acceptors (Lipinski definition) is 5. The van der Waals surface area contributed by atoms with Crippen molar-refractivity contribution in [2.45, 2.75) is 51.5 Å². The lowest BCUT2D eigenvalue weighted by molar-refractivity contribution is -0.122. The van der Waals surface area contributed by atoms with Crippen LogP contribution < -0.4 is 25.2 Å². The van der Waals surface area contributed by atoms with Gasteiger partial charge in [-0.2, -0.15) is 0 Å². The molecule has 1 amide bonds. The average molecular weight is 598 g/mol. The van der Waals surface area contributed by atoms with E-state index in [9.17, 15) is 4.79 Å². The molecule has 0 aliphatic heterocycles. The van der Waals surface area contributed by atoms with Crippen LogP contribution in [0.2, 0.25) is 5.04 Å². The summed E-state index contributed by atoms with van der Waals surface area (Å²) >= 11 is 0. The number of carbonyl (C=O) groups excluding carboxylic acids is 1. The molecule has 0 saturated heterocycles. The van der Waals surface area contributed by atoms with Crippen LogP contribution in [0.5, 0.6) is 11.5 Å². The molecule has 0 saturated carbocycles. The summed E-state index contributed by atoms with van der Waals surface area (Å²) in [6, 6.07) is 38.0. The molecule has 0 unspecified atom stereocenters. The molecule has 0 spiro atoms. The van der Waals surface area contributed by atoms with Crippen LogP contribution in [0.15, 0.2) is 115 Å². The highest BCUT2D eigenvalue weighted by atomic mass is 28.4. The molecular weight excluding hydrogens is 554 g/mol. The van der Waals surface area contributed by atoms with Gasteiger partial charge in [0.15, 0.2) is 0 Å². The Balaban J connectivity index is 1.69. The van der Waals surface area contributed by atoms with Gasteiger partial charge < -0.3 is 24.0 Å². The van der Waals surface area contributed by atoms with Crippen molar-refractivity contribution in [1.82, 2.24) is 5.32 Å². The fourth-order valence-electron chi connectivity index (χ4n) is 5.39. The van der Waals surface area contributed by atoms with Gasteiger partial charge in [-0.3, -0.25) is 4.79 Å². The Morgan fingerprint density at radius 3 is 1.74 bits per heavy atom. The number of benzene rings is 4. The highest BCUT2D eigenvalue weighted by Gasteiger charge is 2.50. The van der Waals surface area contributed by atoms with Gasteiger partial charge >= 0.3 is 0 Å². The minimum atomic E-state index is -2.85. The first-order chi connectivity index (χ1) is 20.7. The van der Waals surface area contributed by atoms with E-state index in [1.54, 1.807) is 7.11 Å². The molecule has 1 N–H and O–H groups in total. The summed E-state index contributed by atoms with van der Waals surface area (Å²) in [6.07, 6.45) is -0.496. The Morgan fingerprint density at radius 2 is 1.26 bits per heavy atom. The standard InChI is InChI=1S/C36H43NO5Si/c1-28(38)37-34(26-40-31-23-21-30(39-5)22-24-31)35(41-25-29-15-9-6-10-16-29)27-42-43(36(2,3)4,32-17-11-7-12-18-32)33-19-13-8-14-20-33/h6-24,34-35H,25-27H2,1-5H3,(H,37,38)/t34-,35+/m1/s1. The van der Waals surface area contributed by atoms with Crippen LogP contribution in [0.4, 0.5) is 0 Å². The van der Waals surface area contributed by atoms with Gasteiger partial charge in [0.25, 0.3) is 8.32 Å². The van der Waals surface area contributed by atoms with Crippen molar-refractivity contribution >= 4 is 24.6 Å². The topological polar surface area (TPSA) is 66.0 Å². The second-order valence-electron chi connectivity index (χ2n) is 11.6. The molecule has 0 bridgehead atoms. The van der Waals surface area contributed by atoms with Crippen LogP contribution in [0, 0.1) is 0 Å². The summed E-state index contributed by atoms with van der Waals surface area (Å²) in [6.45, 7) is 9.09. The second-order valence-corrected chi connectivity index (χ2v) is 15.9. The number of ether oxygens (including phenoxy) is 3. The Labute approximate surface area is 257 Å². The summed E-state index contributed by atoms with van der Waals surface area (Å²) in [5.74, 6) is 1.25. The van der Waals surface area contributed by atoms with Gasteiger partial charge in [-0.15, -0.1) is 0 Å². The molecule has 226 valence electrons. The maximum absolute atomic E-state index is 12.5. The van der Waals surface area contributed by atoms with Gasteiger partial charge in [0.2, 0.25) is 5.91 Å². The summed E-state index contributed by atoms with van der Waals surface area (Å²) in [5, 5.41) is 5.24. The normalized spacial score (nSPS) is 13.1. The number of nitrogens with one attached hydrogen (secondary N) is 1. The monoisotopic (exact) mass is 597 g/mol. The van der Waals surface area contributed by atoms with Gasteiger partial charge in [-0.1, -0.05) is 112 Å². The van der Waals surface area contributed by atoms with Crippen LogP contribution >= 0.6 is 0 Å². The van der Waals surface area contributed by atoms with Crippen molar-refractivity contribution in [2.75, 3.05) is 20.3 Å². The van der Waals surface area contributed by atoms with Crippen LogP contribution in [0.1, 0.15) is 33.3 Å². The van der Waals surface area contributed by atoms with Crippen molar-refractivity contribution in [3.05, 3.63) is 121 Å². The summed E-state index contributed by atoms with van der Waals surface area (Å²) < 4.78 is 25.3. The van der Waals surface area contributed by atoms with E-state index in [0.717, 1.165) is 11.3 Å². The fraction of sp³-hybridized carbons (Fsp3) is 0.306. The molecule has 7 heteroatoms. The number of amides is 1. The van der Waals surface area contributed by atoms with Crippen molar-refractivity contribution < 1.29 is 23.4 Å². The molecule has 4 rings (SSSR count). The molecule has 6 nitrogen and oxygen atoms in total. The van der Waals surface area contributed by atoms with E-state index in [-0.39, 0.29) is 24.2 Å². The SMILES string of the molecule is COc1ccc(OC[C@@H](NC(C)=O)[C@H](CO[Si](c2ccccc2)(c2ccccc2)C(C)(C)C)OCc2ccccc2)cc1. The van der Waals surface area contributed by atoms with Crippen molar-refractivity contribution in [1.29, 1.82) is 0 Å². The van der Waals surface area contributed by atoms with E-state index in [1.807, 2.05) is 66.7 Å². The third-order valence-corrected chi connectivity index (χ3v) is 12.5. The zero-order valence-electron chi connectivity index (χ0n) is 25.8. The molecule has 2 atom stereocenters. The Bertz CT molecular complexity index is 1350. The first-order valence-corrected chi connectivity index (χ1v) is 16.6. The lowest BCUT2D eigenvalue weighted by atomic mass is 10.1. The van der Waals surface area contributed by atoms with Crippen LogP contribution in [-0.4, -0.2) is 46.7 Å². The summed E-state index contributed by atoms with van der Waals surface area (Å²) in [7, 11) is -1.22. The molecule has 0 aliphatic rings. The molecule has 0 aromatic heterocycles. The van der Waals surface area contributed by atoms with E-state index in [4.69, 9.17) is 18.6 Å². The average Bonchev–Trinajstić information content (AvgIpc) is 3.02. The maximum Gasteiger partial charge on any atom is 0.261 e. The smallest absolute Gasteiger partial charge is 0.261 e. The van der Waals surface area contributed by atoms with Gasteiger partial charge in [0.05, 0.1) is 26.4 Å². The zero-order chi connectivity index (χ0) is 30.7. The first kappa shape index (κ1) is 32.0. The van der Waals surface area contributed by atoms with Crippen LogP contribution in [0.3, 0.4) is 0 Å². The van der Waals surface area contributed by atoms with E-state index < -0.39 is 20.5 Å². The Hall–Kier alpha value is -3.91. The van der Waals surface area contributed by atoms with E-state index in [0.29, 0.717) is 12.4 Å². The quantitative estimate of drug-likeness (QED) is 0.188. The summed E-state index contributed by atoms with van der Waals surface area (Å²) in [5.41, 5.74) is 1.04. The molecule has 4 aromatic rings. The van der Waals surface area contributed by atoms with Crippen molar-refractivity contribution in [2.24, 2.45) is 0 Å². The van der Waals surface area contributed by atoms with E-state index >= 15 is 0 Å². The number of methoxy groups -OCH3 is 1. The maximum atomic E-state index is 12.5. The highest BCUT2D eigenvalue weighted by Crippen LogP contribution is 2.37. The third kappa shape index (κ3) is 8.35. The highest BCUT2D eigenvalue weighted by molar-refractivity contribution is 6.99. The number of rotatable bonds is 14. The van der Waals surface area contributed by atoms with Gasteiger partial charge in [-0.05, 0) is 45.2 Å². The largest absolute Gasteiger partial charge is 0.497 e. The molecule has 43 heavy (non-hydrogen) atoms. The first-order valence-electron chi connectivity index (χ1n) is 14.7. The number of hydrogen-bond donors (Lipinski definition) is 1. The predicted molar refractivity (Wildman–Crippen MR) is 175 cm³/mol. The zero-order valence-corrected chi connectivity index (χ0v) is 26.8.